The van der Waals surface area contributed by atoms with Crippen LogP contribution in [0.15, 0.2) is 36.7 Å². The fraction of sp³-hybridized carbons (Fsp3) is 0.167. The molecule has 1 amide bonds. The number of rotatable bonds is 4. The van der Waals surface area contributed by atoms with Crippen molar-refractivity contribution < 1.29 is 9.90 Å². The lowest BCUT2D eigenvalue weighted by Crippen LogP contribution is -2.28. The summed E-state index contributed by atoms with van der Waals surface area (Å²) >= 11 is 5.75. The van der Waals surface area contributed by atoms with Crippen molar-refractivity contribution >= 4 is 17.5 Å². The molecule has 18 heavy (non-hydrogen) atoms. The molecule has 0 fully saturated rings. The molecule has 2 aromatic rings. The smallest absolute Gasteiger partial charge is 0.254 e. The molecule has 2 rings (SSSR count). The van der Waals surface area contributed by atoms with E-state index in [9.17, 15) is 9.90 Å². The minimum absolute atomic E-state index is 0.131. The second-order valence-electron chi connectivity index (χ2n) is 3.76. The molecule has 3 N–H and O–H groups in total. The molecule has 0 saturated heterocycles. The topological polar surface area (TPSA) is 78.0 Å². The number of aliphatic hydroxyl groups is 1. The second-order valence-corrected chi connectivity index (χ2v) is 4.20. The zero-order valence-electron chi connectivity index (χ0n) is 9.43. The van der Waals surface area contributed by atoms with Crippen LogP contribution in [0, 0.1) is 0 Å². The first-order valence-electron chi connectivity index (χ1n) is 5.37. The van der Waals surface area contributed by atoms with Crippen LogP contribution in [0.25, 0.3) is 0 Å². The summed E-state index contributed by atoms with van der Waals surface area (Å²) in [6, 6.07) is 6.82. The van der Waals surface area contributed by atoms with Gasteiger partial charge in [0.1, 0.15) is 0 Å². The number of hydrogen-bond donors (Lipinski definition) is 3. The Morgan fingerprint density at radius 2 is 2.17 bits per heavy atom. The van der Waals surface area contributed by atoms with Crippen LogP contribution < -0.4 is 5.32 Å². The molecule has 1 heterocycles. The number of nitrogens with one attached hydrogen (secondary N) is 2. The molecule has 0 aliphatic carbocycles. The first-order valence-corrected chi connectivity index (χ1v) is 5.75. The van der Waals surface area contributed by atoms with E-state index < -0.39 is 6.10 Å². The van der Waals surface area contributed by atoms with E-state index in [1.54, 1.807) is 24.3 Å². The molecule has 94 valence electrons. The molecule has 6 heteroatoms. The van der Waals surface area contributed by atoms with E-state index in [0.717, 1.165) is 0 Å². The highest BCUT2D eigenvalue weighted by molar-refractivity contribution is 6.30. The molecule has 1 aromatic carbocycles. The van der Waals surface area contributed by atoms with Gasteiger partial charge in [0, 0.05) is 17.8 Å². The van der Waals surface area contributed by atoms with Gasteiger partial charge in [0.05, 0.1) is 17.9 Å². The summed E-state index contributed by atoms with van der Waals surface area (Å²) in [5.41, 5.74) is 1.13. The van der Waals surface area contributed by atoms with Crippen molar-refractivity contribution in [2.24, 2.45) is 0 Å². The third-order valence-electron chi connectivity index (χ3n) is 2.47. The van der Waals surface area contributed by atoms with E-state index in [2.05, 4.69) is 15.5 Å². The van der Waals surface area contributed by atoms with Gasteiger partial charge in [-0.05, 0) is 17.7 Å². The van der Waals surface area contributed by atoms with Crippen LogP contribution in [0.2, 0.25) is 5.02 Å². The molecule has 1 aromatic heterocycles. The summed E-state index contributed by atoms with van der Waals surface area (Å²) in [4.78, 5) is 11.6. The summed E-state index contributed by atoms with van der Waals surface area (Å²) in [6.07, 6.45) is 2.15. The Kier molecular flexibility index (Phi) is 3.96. The van der Waals surface area contributed by atoms with Crippen LogP contribution in [0.3, 0.4) is 0 Å². The van der Waals surface area contributed by atoms with Gasteiger partial charge in [0.2, 0.25) is 0 Å². The van der Waals surface area contributed by atoms with E-state index in [0.29, 0.717) is 16.1 Å². The normalized spacial score (nSPS) is 12.1. The number of nitrogens with zero attached hydrogens (tertiary/aromatic N) is 1. The number of aromatic amines is 1. The van der Waals surface area contributed by atoms with Gasteiger partial charge in [0.25, 0.3) is 5.91 Å². The lowest BCUT2D eigenvalue weighted by atomic mass is 10.1. The van der Waals surface area contributed by atoms with Crippen molar-refractivity contribution in [2.45, 2.75) is 6.10 Å². The molecule has 0 spiro atoms. The van der Waals surface area contributed by atoms with E-state index in [1.165, 1.54) is 12.4 Å². The quantitative estimate of drug-likeness (QED) is 0.784. The van der Waals surface area contributed by atoms with Crippen molar-refractivity contribution in [3.8, 4) is 0 Å². The fourth-order valence-electron chi connectivity index (χ4n) is 1.47. The standard InChI is InChI=1S/C12H12ClN3O2/c13-10-3-1-8(2-4-10)11(17)7-14-12(18)9-5-15-16-6-9/h1-6,11,17H,7H2,(H,14,18)(H,15,16). The second kappa shape index (κ2) is 5.66. The molecule has 0 aliphatic rings. The molecular weight excluding hydrogens is 254 g/mol. The van der Waals surface area contributed by atoms with Gasteiger partial charge in [-0.15, -0.1) is 0 Å². The van der Waals surface area contributed by atoms with E-state index >= 15 is 0 Å². The van der Waals surface area contributed by atoms with Crippen LogP contribution in [0.1, 0.15) is 22.0 Å². The van der Waals surface area contributed by atoms with Gasteiger partial charge >= 0.3 is 0 Å². The van der Waals surface area contributed by atoms with Crippen molar-refractivity contribution in [1.82, 2.24) is 15.5 Å². The van der Waals surface area contributed by atoms with Crippen LogP contribution in [0.5, 0.6) is 0 Å². The Morgan fingerprint density at radius 1 is 1.44 bits per heavy atom. The van der Waals surface area contributed by atoms with E-state index in [-0.39, 0.29) is 12.5 Å². The lowest BCUT2D eigenvalue weighted by molar-refractivity contribution is 0.0916. The number of carbonyl (C=O) groups excluding carboxylic acids is 1. The number of carbonyl (C=O) groups is 1. The average molecular weight is 266 g/mol. The Labute approximate surface area is 109 Å². The summed E-state index contributed by atoms with van der Waals surface area (Å²) in [5, 5.41) is 19.3. The minimum Gasteiger partial charge on any atom is -0.387 e. The third-order valence-corrected chi connectivity index (χ3v) is 2.72. The number of H-pyrrole nitrogens is 1. The first kappa shape index (κ1) is 12.6. The molecule has 0 radical (unpaired) electrons. The van der Waals surface area contributed by atoms with E-state index in [4.69, 9.17) is 11.6 Å². The van der Waals surface area contributed by atoms with Crippen molar-refractivity contribution in [2.75, 3.05) is 6.54 Å². The predicted octanol–water partition coefficient (Wildman–Crippen LogP) is 1.53. The van der Waals surface area contributed by atoms with Crippen LogP contribution >= 0.6 is 11.6 Å². The number of halogens is 1. The van der Waals surface area contributed by atoms with E-state index in [1.807, 2.05) is 0 Å². The molecule has 1 atom stereocenters. The van der Waals surface area contributed by atoms with Gasteiger partial charge in [0.15, 0.2) is 0 Å². The van der Waals surface area contributed by atoms with Gasteiger partial charge in [-0.25, -0.2) is 0 Å². The summed E-state index contributed by atoms with van der Waals surface area (Å²) in [6.45, 7) is 0.131. The molecular formula is C12H12ClN3O2. The number of amides is 1. The SMILES string of the molecule is O=C(NCC(O)c1ccc(Cl)cc1)c1cn[nH]c1. The van der Waals surface area contributed by atoms with Gasteiger partial charge < -0.3 is 10.4 Å². The molecule has 0 bridgehead atoms. The zero-order chi connectivity index (χ0) is 13.0. The number of aromatic nitrogens is 2. The Balaban J connectivity index is 1.90. The van der Waals surface area contributed by atoms with Crippen molar-refractivity contribution in [1.29, 1.82) is 0 Å². The van der Waals surface area contributed by atoms with Crippen LogP contribution in [-0.4, -0.2) is 27.8 Å². The third kappa shape index (κ3) is 3.09. The van der Waals surface area contributed by atoms with Gasteiger partial charge in [-0.1, -0.05) is 23.7 Å². The number of aliphatic hydroxyl groups excluding tert-OH is 1. The predicted molar refractivity (Wildman–Crippen MR) is 67.3 cm³/mol. The maximum Gasteiger partial charge on any atom is 0.254 e. The summed E-state index contributed by atoms with van der Waals surface area (Å²) < 4.78 is 0. The van der Waals surface area contributed by atoms with Crippen LogP contribution in [0.4, 0.5) is 0 Å². The average Bonchev–Trinajstić information content (AvgIpc) is 2.90. The Bertz CT molecular complexity index is 511. The highest BCUT2D eigenvalue weighted by Gasteiger charge is 2.11. The van der Waals surface area contributed by atoms with Gasteiger partial charge in [-0.3, -0.25) is 9.89 Å². The fourth-order valence-corrected chi connectivity index (χ4v) is 1.60. The summed E-state index contributed by atoms with van der Waals surface area (Å²) in [5.74, 6) is -0.281. The lowest BCUT2D eigenvalue weighted by Gasteiger charge is -2.11. The molecule has 0 aliphatic heterocycles. The highest BCUT2D eigenvalue weighted by atomic mass is 35.5. The van der Waals surface area contributed by atoms with Crippen molar-refractivity contribution in [3.05, 3.63) is 52.8 Å². The summed E-state index contributed by atoms with van der Waals surface area (Å²) in [7, 11) is 0. The molecule has 1 unspecified atom stereocenters. The number of benzene rings is 1. The zero-order valence-corrected chi connectivity index (χ0v) is 10.2. The van der Waals surface area contributed by atoms with Gasteiger partial charge in [-0.2, -0.15) is 5.10 Å². The highest BCUT2D eigenvalue weighted by Crippen LogP contribution is 2.15. The number of hydrogen-bond acceptors (Lipinski definition) is 3. The maximum atomic E-state index is 11.6. The van der Waals surface area contributed by atoms with Crippen LogP contribution in [-0.2, 0) is 0 Å². The molecule has 5 nitrogen and oxygen atoms in total. The van der Waals surface area contributed by atoms with Crippen molar-refractivity contribution in [3.63, 3.8) is 0 Å². The Hall–Kier alpha value is -1.85. The minimum atomic E-state index is -0.766. The maximum absolute atomic E-state index is 11.6. The first-order chi connectivity index (χ1) is 8.66. The molecule has 0 saturated carbocycles. The largest absolute Gasteiger partial charge is 0.387 e. The Morgan fingerprint density at radius 3 is 2.78 bits per heavy atom. The monoisotopic (exact) mass is 265 g/mol.